The van der Waals surface area contributed by atoms with Gasteiger partial charge >= 0.3 is 5.97 Å². The number of ether oxygens (including phenoxy) is 3. The van der Waals surface area contributed by atoms with E-state index in [4.69, 9.17) is 60.6 Å². The van der Waals surface area contributed by atoms with Gasteiger partial charge in [-0.2, -0.15) is 0 Å². The number of benzene rings is 3. The number of rotatable bonds is 19. The summed E-state index contributed by atoms with van der Waals surface area (Å²) in [5.41, 5.74) is 2.83. The van der Waals surface area contributed by atoms with Crippen LogP contribution in [-0.4, -0.2) is 56.2 Å². The van der Waals surface area contributed by atoms with Gasteiger partial charge in [-0.25, -0.2) is 0 Å². The molecule has 3 aromatic carbocycles. The van der Waals surface area contributed by atoms with Gasteiger partial charge in [0.15, 0.2) is 5.75 Å². The normalized spacial score (nSPS) is 13.2. The summed E-state index contributed by atoms with van der Waals surface area (Å²) < 4.78 is 16.4. The van der Waals surface area contributed by atoms with Crippen LogP contribution in [0.5, 0.6) is 11.5 Å². The van der Waals surface area contributed by atoms with Crippen molar-refractivity contribution in [3.05, 3.63) is 91.4 Å². The largest absolute Gasteiger partial charge is 0.490 e. The minimum atomic E-state index is -0.284. The Morgan fingerprint density at radius 3 is 2.30 bits per heavy atom. The van der Waals surface area contributed by atoms with E-state index in [0.29, 0.717) is 64.1 Å². The first-order valence-electron chi connectivity index (χ1n) is 16.0. The molecule has 1 fully saturated rings. The molecule has 1 aliphatic rings. The lowest BCUT2D eigenvalue weighted by Gasteiger charge is -2.28. The molecular formula is C36H42Cl4N2O5. The van der Waals surface area contributed by atoms with Gasteiger partial charge < -0.3 is 24.4 Å². The van der Waals surface area contributed by atoms with E-state index < -0.39 is 0 Å². The van der Waals surface area contributed by atoms with Crippen LogP contribution in [0.15, 0.2) is 54.6 Å². The molecule has 1 N–H and O–H groups in total. The molecule has 0 spiro atoms. The number of aryl methyl sites for hydroxylation is 1. The third-order valence-electron chi connectivity index (χ3n) is 7.99. The highest BCUT2D eigenvalue weighted by molar-refractivity contribution is 6.42. The fourth-order valence-corrected chi connectivity index (χ4v) is 6.40. The van der Waals surface area contributed by atoms with Crippen molar-refractivity contribution in [2.45, 2.75) is 64.5 Å². The van der Waals surface area contributed by atoms with Gasteiger partial charge in [0.1, 0.15) is 19.0 Å². The Hall–Kier alpha value is -2.68. The molecule has 0 saturated heterocycles. The number of unbranched alkanes of at least 4 members (excludes halogenated alkanes) is 2. The molecule has 1 unspecified atom stereocenters. The molecule has 1 atom stereocenters. The van der Waals surface area contributed by atoms with Gasteiger partial charge in [0, 0.05) is 25.6 Å². The highest BCUT2D eigenvalue weighted by Gasteiger charge is 2.36. The second-order valence-corrected chi connectivity index (χ2v) is 13.4. The number of carbonyl (C=O) groups excluding carboxylic acids is 2. The van der Waals surface area contributed by atoms with Gasteiger partial charge in [0.2, 0.25) is 5.91 Å². The lowest BCUT2D eigenvalue weighted by atomic mass is 9.97. The maximum absolute atomic E-state index is 14.1. The summed E-state index contributed by atoms with van der Waals surface area (Å²) in [6.07, 6.45) is 5.52. The van der Waals surface area contributed by atoms with E-state index in [1.807, 2.05) is 48.2 Å². The number of amides is 1. The van der Waals surface area contributed by atoms with Crippen molar-refractivity contribution in [3.63, 3.8) is 0 Å². The summed E-state index contributed by atoms with van der Waals surface area (Å²) in [6, 6.07) is 17.1. The Bertz CT molecular complexity index is 1460. The third-order valence-corrected chi connectivity index (χ3v) is 9.41. The van der Waals surface area contributed by atoms with E-state index in [2.05, 4.69) is 5.32 Å². The first kappa shape index (κ1) is 37.1. The van der Waals surface area contributed by atoms with Crippen molar-refractivity contribution in [1.29, 1.82) is 0 Å². The molecule has 0 aromatic heterocycles. The predicted molar refractivity (Wildman–Crippen MR) is 189 cm³/mol. The van der Waals surface area contributed by atoms with Crippen molar-refractivity contribution in [3.8, 4) is 11.5 Å². The van der Waals surface area contributed by atoms with Gasteiger partial charge in [0.25, 0.3) is 0 Å². The van der Waals surface area contributed by atoms with Crippen LogP contribution in [0.2, 0.25) is 20.1 Å². The van der Waals surface area contributed by atoms with Crippen LogP contribution in [0.4, 0.5) is 0 Å². The summed E-state index contributed by atoms with van der Waals surface area (Å²) >= 11 is 25.4. The summed E-state index contributed by atoms with van der Waals surface area (Å²) in [5.74, 6) is 0.758. The van der Waals surface area contributed by atoms with Crippen molar-refractivity contribution in [2.24, 2.45) is 5.92 Å². The Morgan fingerprint density at radius 1 is 0.915 bits per heavy atom. The van der Waals surface area contributed by atoms with Gasteiger partial charge in [-0.15, -0.1) is 0 Å². The van der Waals surface area contributed by atoms with Gasteiger partial charge in [-0.05, 0) is 92.6 Å². The van der Waals surface area contributed by atoms with Crippen LogP contribution in [-0.2, 0) is 27.3 Å². The minimum Gasteiger partial charge on any atom is -0.490 e. The monoisotopic (exact) mass is 722 g/mol. The quantitative estimate of drug-likeness (QED) is 0.0985. The first-order chi connectivity index (χ1) is 22.7. The van der Waals surface area contributed by atoms with E-state index in [0.717, 1.165) is 55.3 Å². The zero-order chi connectivity index (χ0) is 33.8. The molecule has 47 heavy (non-hydrogen) atoms. The van der Waals surface area contributed by atoms with Crippen molar-refractivity contribution in [2.75, 3.05) is 33.4 Å². The van der Waals surface area contributed by atoms with E-state index in [-0.39, 0.29) is 30.4 Å². The maximum atomic E-state index is 14.1. The van der Waals surface area contributed by atoms with Gasteiger partial charge in [-0.1, -0.05) is 77.1 Å². The number of hydrogen-bond acceptors (Lipinski definition) is 6. The summed E-state index contributed by atoms with van der Waals surface area (Å²) in [4.78, 5) is 27.5. The maximum Gasteiger partial charge on any atom is 0.305 e. The van der Waals surface area contributed by atoms with Crippen molar-refractivity contribution < 1.29 is 23.8 Å². The zero-order valence-corrected chi connectivity index (χ0v) is 29.9. The zero-order valence-electron chi connectivity index (χ0n) is 26.8. The molecule has 0 bridgehead atoms. The van der Waals surface area contributed by atoms with Crippen molar-refractivity contribution >= 4 is 58.3 Å². The Labute approximate surface area is 297 Å². The van der Waals surface area contributed by atoms with E-state index in [1.54, 1.807) is 18.2 Å². The van der Waals surface area contributed by atoms with Crippen LogP contribution in [0.25, 0.3) is 0 Å². The molecule has 0 radical (unpaired) electrons. The van der Waals surface area contributed by atoms with E-state index in [1.165, 1.54) is 7.11 Å². The van der Waals surface area contributed by atoms with Crippen LogP contribution in [0, 0.1) is 12.8 Å². The predicted octanol–water partition coefficient (Wildman–Crippen LogP) is 8.74. The molecule has 254 valence electrons. The smallest absolute Gasteiger partial charge is 0.305 e. The summed E-state index contributed by atoms with van der Waals surface area (Å²) in [6.45, 7) is 4.21. The highest BCUT2D eigenvalue weighted by Crippen LogP contribution is 2.35. The standard InChI is InChI=1S/C36H42Cl4N2O5/c1-24-19-31(38)35(32(39)20-24)47-18-17-46-29-14-10-25(11-15-29)21-27(22-41-16-5-3-4-9-33(43)45-2)36(44)42(28-12-13-28)23-26-7-6-8-30(37)34(26)40/h6-8,10-11,14-15,19-20,27-28,41H,3-5,9,12-13,16-18,21-23H2,1-2H3. The van der Waals surface area contributed by atoms with Gasteiger partial charge in [0.05, 0.1) is 33.1 Å². The SMILES string of the molecule is COC(=O)CCCCCNCC(Cc1ccc(OCCOc2c(Cl)cc(C)cc2Cl)cc1)C(=O)N(Cc1cccc(Cl)c1Cl)C1CC1. The number of nitrogens with one attached hydrogen (secondary N) is 1. The van der Waals surface area contributed by atoms with Crippen molar-refractivity contribution in [1.82, 2.24) is 10.2 Å². The van der Waals surface area contributed by atoms with Gasteiger partial charge in [-0.3, -0.25) is 9.59 Å². The van der Waals surface area contributed by atoms with E-state index in [9.17, 15) is 9.59 Å². The first-order valence-corrected chi connectivity index (χ1v) is 17.5. The molecule has 1 saturated carbocycles. The second-order valence-electron chi connectivity index (χ2n) is 11.8. The van der Waals surface area contributed by atoms with Crippen LogP contribution in [0.1, 0.15) is 55.2 Å². The molecular weight excluding hydrogens is 682 g/mol. The number of halogens is 4. The summed E-state index contributed by atoms with van der Waals surface area (Å²) in [7, 11) is 1.41. The topological polar surface area (TPSA) is 77.1 Å². The molecule has 0 aliphatic heterocycles. The molecule has 3 aromatic rings. The number of esters is 1. The summed E-state index contributed by atoms with van der Waals surface area (Å²) in [5, 5.41) is 5.39. The number of nitrogens with zero attached hydrogens (tertiary/aromatic N) is 1. The molecule has 7 nitrogen and oxygen atoms in total. The third kappa shape index (κ3) is 11.8. The van der Waals surface area contributed by atoms with Crippen LogP contribution < -0.4 is 14.8 Å². The number of methoxy groups -OCH3 is 1. The number of hydrogen-bond donors (Lipinski definition) is 1. The van der Waals surface area contributed by atoms with Crippen LogP contribution >= 0.6 is 46.4 Å². The second kappa shape index (κ2) is 18.8. The fourth-order valence-electron chi connectivity index (χ4n) is 5.32. The Morgan fingerprint density at radius 2 is 1.62 bits per heavy atom. The molecule has 4 rings (SSSR count). The van der Waals surface area contributed by atoms with E-state index >= 15 is 0 Å². The highest BCUT2D eigenvalue weighted by atomic mass is 35.5. The lowest BCUT2D eigenvalue weighted by Crippen LogP contribution is -2.42. The average molecular weight is 725 g/mol. The fraction of sp³-hybridized carbons (Fsp3) is 0.444. The Kier molecular flexibility index (Phi) is 14.8. The Balaban J connectivity index is 1.36. The molecule has 1 amide bonds. The lowest BCUT2D eigenvalue weighted by molar-refractivity contribution is -0.140. The number of carbonyl (C=O) groups is 2. The molecule has 1 aliphatic carbocycles. The average Bonchev–Trinajstić information content (AvgIpc) is 3.89. The van der Waals surface area contributed by atoms with Crippen LogP contribution in [0.3, 0.4) is 0 Å². The molecule has 0 heterocycles. The minimum absolute atomic E-state index is 0.0904. The molecule has 11 heteroatoms.